The second-order valence-electron chi connectivity index (χ2n) is 6.16. The Bertz CT molecular complexity index is 652. The fourth-order valence-corrected chi connectivity index (χ4v) is 4.13. The molecule has 2 aliphatic rings. The van der Waals surface area contributed by atoms with Crippen molar-refractivity contribution in [3.8, 4) is 5.75 Å². The molecule has 1 fully saturated rings. The monoisotopic (exact) mass is 282 g/mol. The minimum absolute atomic E-state index is 0.0642. The van der Waals surface area contributed by atoms with Gasteiger partial charge in [-0.2, -0.15) is 0 Å². The van der Waals surface area contributed by atoms with Crippen LogP contribution in [0.25, 0.3) is 0 Å². The van der Waals surface area contributed by atoms with E-state index < -0.39 is 0 Å². The summed E-state index contributed by atoms with van der Waals surface area (Å²) in [4.78, 5) is 0. The summed E-state index contributed by atoms with van der Waals surface area (Å²) in [7, 11) is 0. The largest absolute Gasteiger partial charge is 0.486 e. The van der Waals surface area contributed by atoms with Gasteiger partial charge in [-0.05, 0) is 30.9 Å². The lowest BCUT2D eigenvalue weighted by Crippen LogP contribution is -2.38. The van der Waals surface area contributed by atoms with E-state index in [0.29, 0.717) is 5.75 Å². The second kappa shape index (κ2) is 4.87. The average molecular weight is 282 g/mol. The highest BCUT2D eigenvalue weighted by molar-refractivity contribution is 5.53. The van der Waals surface area contributed by atoms with Gasteiger partial charge in [0.15, 0.2) is 11.6 Å². The van der Waals surface area contributed by atoms with Gasteiger partial charge in [0, 0.05) is 5.56 Å². The summed E-state index contributed by atoms with van der Waals surface area (Å²) in [5, 5.41) is 0. The van der Waals surface area contributed by atoms with Crippen LogP contribution in [0.3, 0.4) is 0 Å². The maximum atomic E-state index is 14.2. The summed E-state index contributed by atoms with van der Waals surface area (Å²) < 4.78 is 20.3. The van der Waals surface area contributed by atoms with Gasteiger partial charge in [0.1, 0.15) is 6.10 Å². The molecular weight excluding hydrogens is 263 g/mol. The van der Waals surface area contributed by atoms with E-state index in [0.717, 1.165) is 24.8 Å². The number of ether oxygens (including phenoxy) is 1. The summed E-state index contributed by atoms with van der Waals surface area (Å²) in [6.07, 6.45) is 5.68. The van der Waals surface area contributed by atoms with Gasteiger partial charge in [0.2, 0.25) is 0 Å². The second-order valence-corrected chi connectivity index (χ2v) is 6.16. The molecule has 2 aromatic carbocycles. The molecule has 1 aliphatic heterocycles. The third-order valence-electron chi connectivity index (χ3n) is 5.08. The number of halogens is 1. The first-order valence-electron chi connectivity index (χ1n) is 7.83. The van der Waals surface area contributed by atoms with E-state index in [1.54, 1.807) is 0 Å². The van der Waals surface area contributed by atoms with E-state index in [9.17, 15) is 4.39 Å². The normalized spacial score (nSPS) is 27.4. The van der Waals surface area contributed by atoms with Gasteiger partial charge in [-0.3, -0.25) is 0 Å². The molecule has 1 saturated carbocycles. The summed E-state index contributed by atoms with van der Waals surface area (Å²) in [6, 6.07) is 15.9. The lowest BCUT2D eigenvalue weighted by atomic mass is 9.69. The summed E-state index contributed by atoms with van der Waals surface area (Å²) in [6.45, 7) is 0. The van der Waals surface area contributed by atoms with Crippen LogP contribution in [0, 0.1) is 5.82 Å². The zero-order valence-corrected chi connectivity index (χ0v) is 12.0. The molecule has 21 heavy (non-hydrogen) atoms. The van der Waals surface area contributed by atoms with Crippen molar-refractivity contribution in [2.45, 2.75) is 43.6 Å². The zero-order chi connectivity index (χ0) is 14.3. The molecule has 0 aromatic heterocycles. The van der Waals surface area contributed by atoms with Crippen molar-refractivity contribution in [3.05, 3.63) is 65.5 Å². The molecule has 0 spiro atoms. The standard InChI is InChI=1S/C19H19FO/c20-16-11-7-10-15-18(16)21-17-12-5-2-6-13-19(15,17)14-8-3-1-4-9-14/h1,3-4,7-11,17H,2,5-6,12-13H2. The van der Waals surface area contributed by atoms with Crippen LogP contribution < -0.4 is 4.74 Å². The fourth-order valence-electron chi connectivity index (χ4n) is 4.13. The highest BCUT2D eigenvalue weighted by atomic mass is 19.1. The van der Waals surface area contributed by atoms with E-state index in [1.165, 1.54) is 24.5 Å². The molecular formula is C19H19FO. The smallest absolute Gasteiger partial charge is 0.165 e. The van der Waals surface area contributed by atoms with E-state index >= 15 is 0 Å². The zero-order valence-electron chi connectivity index (χ0n) is 12.0. The van der Waals surface area contributed by atoms with Crippen molar-refractivity contribution in [1.82, 2.24) is 0 Å². The predicted octanol–water partition coefficient (Wildman–Crippen LogP) is 4.84. The Morgan fingerprint density at radius 2 is 1.81 bits per heavy atom. The van der Waals surface area contributed by atoms with Gasteiger partial charge in [0.05, 0.1) is 5.41 Å². The first kappa shape index (κ1) is 12.9. The fraction of sp³-hybridized carbons (Fsp3) is 0.368. The van der Waals surface area contributed by atoms with Gasteiger partial charge in [0.25, 0.3) is 0 Å². The molecule has 2 atom stereocenters. The topological polar surface area (TPSA) is 9.23 Å². The maximum Gasteiger partial charge on any atom is 0.165 e. The number of para-hydroxylation sites is 1. The third kappa shape index (κ3) is 1.81. The van der Waals surface area contributed by atoms with Crippen molar-refractivity contribution >= 4 is 0 Å². The Labute approximate surface area is 124 Å². The highest BCUT2D eigenvalue weighted by Crippen LogP contribution is 2.53. The van der Waals surface area contributed by atoms with E-state index in [4.69, 9.17) is 4.74 Å². The predicted molar refractivity (Wildman–Crippen MR) is 81.1 cm³/mol. The molecule has 0 N–H and O–H groups in total. The molecule has 2 heteroatoms. The molecule has 0 saturated heterocycles. The summed E-state index contributed by atoms with van der Waals surface area (Å²) in [5.41, 5.74) is 2.14. The number of fused-ring (bicyclic) bond motifs is 3. The molecule has 0 bridgehead atoms. The van der Waals surface area contributed by atoms with Gasteiger partial charge >= 0.3 is 0 Å². The number of rotatable bonds is 1. The van der Waals surface area contributed by atoms with Crippen LogP contribution in [-0.4, -0.2) is 6.10 Å². The molecule has 2 unspecified atom stereocenters. The third-order valence-corrected chi connectivity index (χ3v) is 5.08. The quantitative estimate of drug-likeness (QED) is 0.727. The minimum Gasteiger partial charge on any atom is -0.486 e. The maximum absolute atomic E-state index is 14.2. The molecule has 1 nitrogen and oxygen atoms in total. The Hall–Kier alpha value is -1.83. The van der Waals surface area contributed by atoms with Crippen LogP contribution in [0.5, 0.6) is 5.75 Å². The number of hydrogen-bond donors (Lipinski definition) is 0. The average Bonchev–Trinajstić information content (AvgIpc) is 2.70. The van der Waals surface area contributed by atoms with Gasteiger partial charge in [-0.15, -0.1) is 0 Å². The Balaban J connectivity index is 1.96. The Kier molecular flexibility index (Phi) is 2.99. The van der Waals surface area contributed by atoms with Gasteiger partial charge in [-0.1, -0.05) is 55.3 Å². The lowest BCUT2D eigenvalue weighted by Gasteiger charge is -2.33. The number of benzene rings is 2. The van der Waals surface area contributed by atoms with E-state index in [2.05, 4.69) is 30.3 Å². The highest BCUT2D eigenvalue weighted by Gasteiger charge is 2.51. The lowest BCUT2D eigenvalue weighted by molar-refractivity contribution is 0.154. The number of hydrogen-bond acceptors (Lipinski definition) is 1. The molecule has 2 aromatic rings. The van der Waals surface area contributed by atoms with Crippen molar-refractivity contribution in [1.29, 1.82) is 0 Å². The molecule has 4 rings (SSSR count). The van der Waals surface area contributed by atoms with Gasteiger partial charge in [-0.25, -0.2) is 4.39 Å². The molecule has 1 aliphatic carbocycles. The molecule has 0 amide bonds. The van der Waals surface area contributed by atoms with Gasteiger partial charge < -0.3 is 4.74 Å². The van der Waals surface area contributed by atoms with Crippen molar-refractivity contribution in [2.75, 3.05) is 0 Å². The van der Waals surface area contributed by atoms with E-state index in [1.807, 2.05) is 12.1 Å². The Morgan fingerprint density at radius 1 is 0.952 bits per heavy atom. The Morgan fingerprint density at radius 3 is 2.67 bits per heavy atom. The van der Waals surface area contributed by atoms with Crippen LogP contribution in [0.15, 0.2) is 48.5 Å². The summed E-state index contributed by atoms with van der Waals surface area (Å²) in [5.74, 6) is 0.254. The van der Waals surface area contributed by atoms with Crippen LogP contribution in [-0.2, 0) is 5.41 Å². The first-order chi connectivity index (χ1) is 10.3. The van der Waals surface area contributed by atoms with Crippen molar-refractivity contribution < 1.29 is 9.13 Å². The summed E-state index contributed by atoms with van der Waals surface area (Å²) >= 11 is 0. The molecule has 1 heterocycles. The first-order valence-corrected chi connectivity index (χ1v) is 7.83. The van der Waals surface area contributed by atoms with Crippen molar-refractivity contribution in [2.24, 2.45) is 0 Å². The van der Waals surface area contributed by atoms with Crippen LogP contribution in [0.4, 0.5) is 4.39 Å². The van der Waals surface area contributed by atoms with Crippen LogP contribution >= 0.6 is 0 Å². The SMILES string of the molecule is Fc1cccc2c1OC1CCCCCC21c1ccccc1. The van der Waals surface area contributed by atoms with Crippen molar-refractivity contribution in [3.63, 3.8) is 0 Å². The minimum atomic E-state index is -0.226. The van der Waals surface area contributed by atoms with E-state index in [-0.39, 0.29) is 17.3 Å². The van der Waals surface area contributed by atoms with Crippen LogP contribution in [0.1, 0.15) is 43.2 Å². The molecule has 108 valence electrons. The molecule has 0 radical (unpaired) electrons. The van der Waals surface area contributed by atoms with Crippen LogP contribution in [0.2, 0.25) is 0 Å².